The number of carbonyl (C=O) groups is 1. The van der Waals surface area contributed by atoms with Crippen molar-refractivity contribution in [2.45, 2.75) is 25.9 Å². The molecule has 6 nitrogen and oxygen atoms in total. The van der Waals surface area contributed by atoms with Gasteiger partial charge in [0.15, 0.2) is 0 Å². The summed E-state index contributed by atoms with van der Waals surface area (Å²) in [6, 6.07) is 4.07. The SMILES string of the molecule is CCC(NC(=O)Cn1cnnn1)c1cccs1. The fourth-order valence-electron chi connectivity index (χ4n) is 1.50. The van der Waals surface area contributed by atoms with Crippen molar-refractivity contribution in [3.63, 3.8) is 0 Å². The molecule has 0 aliphatic rings. The van der Waals surface area contributed by atoms with Crippen molar-refractivity contribution in [1.29, 1.82) is 0 Å². The molecule has 0 spiro atoms. The molecular weight excluding hydrogens is 238 g/mol. The highest BCUT2D eigenvalue weighted by atomic mass is 32.1. The Morgan fingerprint density at radius 3 is 3.12 bits per heavy atom. The van der Waals surface area contributed by atoms with E-state index in [0.717, 1.165) is 11.3 Å². The zero-order chi connectivity index (χ0) is 12.1. The fraction of sp³-hybridized carbons (Fsp3) is 0.400. The van der Waals surface area contributed by atoms with Crippen LogP contribution in [-0.4, -0.2) is 26.1 Å². The third-order valence-corrected chi connectivity index (χ3v) is 3.31. The van der Waals surface area contributed by atoms with Gasteiger partial charge in [0.1, 0.15) is 12.9 Å². The maximum absolute atomic E-state index is 11.8. The first-order valence-electron chi connectivity index (χ1n) is 5.33. The summed E-state index contributed by atoms with van der Waals surface area (Å²) >= 11 is 1.64. The van der Waals surface area contributed by atoms with Crippen LogP contribution in [0.3, 0.4) is 0 Å². The number of tetrazole rings is 1. The van der Waals surface area contributed by atoms with Gasteiger partial charge in [0.05, 0.1) is 6.04 Å². The summed E-state index contributed by atoms with van der Waals surface area (Å²) in [5, 5.41) is 15.6. The summed E-state index contributed by atoms with van der Waals surface area (Å²) in [5.74, 6) is -0.0856. The summed E-state index contributed by atoms with van der Waals surface area (Å²) in [7, 11) is 0. The molecule has 2 aromatic heterocycles. The van der Waals surface area contributed by atoms with Crippen LogP contribution in [0.1, 0.15) is 24.3 Å². The standard InChI is InChI=1S/C10H13N5OS/c1-2-8(9-4-3-5-17-9)12-10(16)6-15-7-11-13-14-15/h3-5,7-8H,2,6H2,1H3,(H,12,16). The number of rotatable bonds is 5. The van der Waals surface area contributed by atoms with Crippen LogP contribution in [0.5, 0.6) is 0 Å². The van der Waals surface area contributed by atoms with Crippen molar-refractivity contribution in [3.05, 3.63) is 28.7 Å². The molecule has 1 unspecified atom stereocenters. The van der Waals surface area contributed by atoms with Gasteiger partial charge < -0.3 is 5.32 Å². The first-order chi connectivity index (χ1) is 8.29. The maximum atomic E-state index is 11.8. The van der Waals surface area contributed by atoms with Gasteiger partial charge in [-0.25, -0.2) is 4.68 Å². The average molecular weight is 251 g/mol. The largest absolute Gasteiger partial charge is 0.347 e. The third kappa shape index (κ3) is 3.10. The topological polar surface area (TPSA) is 72.7 Å². The van der Waals surface area contributed by atoms with Crippen LogP contribution >= 0.6 is 11.3 Å². The fourth-order valence-corrected chi connectivity index (χ4v) is 2.37. The van der Waals surface area contributed by atoms with Crippen molar-refractivity contribution >= 4 is 17.2 Å². The molecule has 0 aromatic carbocycles. The van der Waals surface area contributed by atoms with Crippen LogP contribution in [0, 0.1) is 0 Å². The molecule has 7 heteroatoms. The molecule has 2 aromatic rings. The summed E-state index contributed by atoms with van der Waals surface area (Å²) in [4.78, 5) is 12.9. The molecule has 0 saturated heterocycles. The zero-order valence-corrected chi connectivity index (χ0v) is 10.2. The lowest BCUT2D eigenvalue weighted by molar-refractivity contribution is -0.122. The third-order valence-electron chi connectivity index (χ3n) is 2.33. The molecular formula is C10H13N5OS. The molecule has 0 saturated carbocycles. The molecule has 90 valence electrons. The molecule has 1 amide bonds. The minimum Gasteiger partial charge on any atom is -0.347 e. The van der Waals surface area contributed by atoms with E-state index in [9.17, 15) is 4.79 Å². The van der Waals surface area contributed by atoms with Gasteiger partial charge in [-0.2, -0.15) is 0 Å². The van der Waals surface area contributed by atoms with Crippen molar-refractivity contribution < 1.29 is 4.79 Å². The van der Waals surface area contributed by atoms with Crippen molar-refractivity contribution in [2.75, 3.05) is 0 Å². The first kappa shape index (κ1) is 11.7. The molecule has 0 aliphatic heterocycles. The Balaban J connectivity index is 1.93. The van der Waals surface area contributed by atoms with Crippen molar-refractivity contribution in [1.82, 2.24) is 25.5 Å². The van der Waals surface area contributed by atoms with Gasteiger partial charge in [0, 0.05) is 4.88 Å². The van der Waals surface area contributed by atoms with Gasteiger partial charge in [0.2, 0.25) is 5.91 Å². The van der Waals surface area contributed by atoms with Crippen LogP contribution in [0.4, 0.5) is 0 Å². The lowest BCUT2D eigenvalue weighted by atomic mass is 10.2. The smallest absolute Gasteiger partial charge is 0.242 e. The number of amides is 1. The van der Waals surface area contributed by atoms with Gasteiger partial charge in [0.25, 0.3) is 0 Å². The number of hydrogen-bond donors (Lipinski definition) is 1. The van der Waals surface area contributed by atoms with Gasteiger partial charge in [-0.3, -0.25) is 4.79 Å². The zero-order valence-electron chi connectivity index (χ0n) is 9.41. The summed E-state index contributed by atoms with van der Waals surface area (Å²) in [6.45, 7) is 2.19. The lowest BCUT2D eigenvalue weighted by Gasteiger charge is -2.15. The lowest BCUT2D eigenvalue weighted by Crippen LogP contribution is -2.31. The van der Waals surface area contributed by atoms with Gasteiger partial charge >= 0.3 is 0 Å². The second-order valence-corrected chi connectivity index (χ2v) is 4.53. The number of thiophene rings is 1. The van der Waals surface area contributed by atoms with Crippen LogP contribution in [0.2, 0.25) is 0 Å². The Bertz CT molecular complexity index is 453. The highest BCUT2D eigenvalue weighted by molar-refractivity contribution is 7.10. The summed E-state index contributed by atoms with van der Waals surface area (Å²) in [6.07, 6.45) is 2.29. The Kier molecular flexibility index (Phi) is 3.81. The van der Waals surface area contributed by atoms with Crippen LogP contribution < -0.4 is 5.32 Å². The Hall–Kier alpha value is -1.76. The Morgan fingerprint density at radius 1 is 1.65 bits per heavy atom. The van der Waals surface area contributed by atoms with Gasteiger partial charge in [-0.15, -0.1) is 16.4 Å². The van der Waals surface area contributed by atoms with Crippen LogP contribution in [-0.2, 0) is 11.3 Å². The van der Waals surface area contributed by atoms with Crippen molar-refractivity contribution in [2.24, 2.45) is 0 Å². The predicted octanol–water partition coefficient (Wildman–Crippen LogP) is 1.00. The second-order valence-electron chi connectivity index (χ2n) is 3.55. The summed E-state index contributed by atoms with van der Waals surface area (Å²) < 4.78 is 1.40. The molecule has 0 fully saturated rings. The minimum atomic E-state index is -0.0856. The molecule has 0 bridgehead atoms. The molecule has 1 atom stereocenters. The molecule has 2 rings (SSSR count). The van der Waals surface area contributed by atoms with E-state index >= 15 is 0 Å². The molecule has 0 aliphatic carbocycles. The monoisotopic (exact) mass is 251 g/mol. The molecule has 0 radical (unpaired) electrons. The normalized spacial score (nSPS) is 12.3. The van der Waals surface area contributed by atoms with E-state index < -0.39 is 0 Å². The van der Waals surface area contributed by atoms with E-state index in [-0.39, 0.29) is 18.5 Å². The van der Waals surface area contributed by atoms with E-state index in [2.05, 4.69) is 20.8 Å². The predicted molar refractivity (Wildman–Crippen MR) is 63.3 cm³/mol. The van der Waals surface area contributed by atoms with Crippen molar-refractivity contribution in [3.8, 4) is 0 Å². The Labute approximate surface area is 103 Å². The molecule has 17 heavy (non-hydrogen) atoms. The highest BCUT2D eigenvalue weighted by Gasteiger charge is 2.13. The highest BCUT2D eigenvalue weighted by Crippen LogP contribution is 2.21. The van der Waals surface area contributed by atoms with Gasteiger partial charge in [-0.1, -0.05) is 13.0 Å². The minimum absolute atomic E-state index is 0.0685. The number of aromatic nitrogens is 4. The van der Waals surface area contributed by atoms with E-state index in [1.165, 1.54) is 11.0 Å². The number of hydrogen-bond acceptors (Lipinski definition) is 5. The molecule has 1 N–H and O–H groups in total. The maximum Gasteiger partial charge on any atom is 0.242 e. The van der Waals surface area contributed by atoms with E-state index in [4.69, 9.17) is 0 Å². The Morgan fingerprint density at radius 2 is 2.53 bits per heavy atom. The van der Waals surface area contributed by atoms with Crippen LogP contribution in [0.25, 0.3) is 0 Å². The second kappa shape index (κ2) is 5.53. The van der Waals surface area contributed by atoms with E-state index in [0.29, 0.717) is 0 Å². The molecule has 2 heterocycles. The number of carbonyl (C=O) groups excluding carboxylic acids is 1. The number of nitrogens with one attached hydrogen (secondary N) is 1. The van der Waals surface area contributed by atoms with E-state index in [1.807, 2.05) is 24.4 Å². The first-order valence-corrected chi connectivity index (χ1v) is 6.21. The summed E-state index contributed by atoms with van der Waals surface area (Å²) in [5.41, 5.74) is 0. The average Bonchev–Trinajstić information content (AvgIpc) is 2.97. The number of nitrogens with zero attached hydrogens (tertiary/aromatic N) is 4. The quantitative estimate of drug-likeness (QED) is 0.860. The van der Waals surface area contributed by atoms with Crippen LogP contribution in [0.15, 0.2) is 23.8 Å². The van der Waals surface area contributed by atoms with E-state index in [1.54, 1.807) is 11.3 Å². The van der Waals surface area contributed by atoms with Gasteiger partial charge in [-0.05, 0) is 28.3 Å².